The molecule has 2 heterocycles. The highest BCUT2D eigenvalue weighted by Crippen LogP contribution is 2.15. The fourth-order valence-corrected chi connectivity index (χ4v) is 2.54. The zero-order chi connectivity index (χ0) is 13.1. The van der Waals surface area contributed by atoms with Crippen molar-refractivity contribution in [1.29, 1.82) is 0 Å². The molecule has 1 aromatic rings. The lowest BCUT2D eigenvalue weighted by atomic mass is 10.1. The van der Waals surface area contributed by atoms with Crippen LogP contribution in [0.3, 0.4) is 0 Å². The van der Waals surface area contributed by atoms with Crippen molar-refractivity contribution >= 4 is 5.91 Å². The second kappa shape index (κ2) is 5.48. The van der Waals surface area contributed by atoms with Crippen molar-refractivity contribution in [2.24, 2.45) is 0 Å². The Balaban J connectivity index is 2.22. The van der Waals surface area contributed by atoms with Gasteiger partial charge in [-0.2, -0.15) is 0 Å². The average molecular weight is 247 g/mol. The van der Waals surface area contributed by atoms with Crippen LogP contribution in [-0.2, 0) is 0 Å². The molecule has 98 valence electrons. The maximum absolute atomic E-state index is 12.6. The van der Waals surface area contributed by atoms with Gasteiger partial charge in [0.15, 0.2) is 0 Å². The number of carbonyl (C=O) groups excluding carboxylic acids is 1. The molecule has 0 saturated carbocycles. The number of likely N-dealkylation sites (N-methyl/N-ethyl adjacent to an activating group) is 1. The van der Waals surface area contributed by atoms with E-state index in [2.05, 4.69) is 10.3 Å². The zero-order valence-electron chi connectivity index (χ0n) is 11.4. The molecule has 1 atom stereocenters. The summed E-state index contributed by atoms with van der Waals surface area (Å²) in [5, 5.41) is 3.31. The van der Waals surface area contributed by atoms with Crippen LogP contribution in [0, 0.1) is 13.8 Å². The lowest BCUT2D eigenvalue weighted by Gasteiger charge is -2.27. The number of aryl methyl sites for hydroxylation is 2. The first kappa shape index (κ1) is 13.0. The number of nitrogens with zero attached hydrogens (tertiary/aromatic N) is 2. The summed E-state index contributed by atoms with van der Waals surface area (Å²) < 4.78 is 0. The van der Waals surface area contributed by atoms with Crippen molar-refractivity contribution in [1.82, 2.24) is 15.2 Å². The third-order valence-electron chi connectivity index (χ3n) is 3.53. The van der Waals surface area contributed by atoms with Crippen molar-refractivity contribution in [3.63, 3.8) is 0 Å². The number of rotatable bonds is 3. The fraction of sp³-hybridized carbons (Fsp3) is 0.571. The number of carbonyl (C=O) groups is 1. The molecular formula is C14H21N3O. The normalized spacial score (nSPS) is 18.9. The SMILES string of the molecule is CCN(C(=O)c1ccc(C)nc1C)C1CCNC1. The minimum Gasteiger partial charge on any atom is -0.335 e. The van der Waals surface area contributed by atoms with E-state index in [9.17, 15) is 4.79 Å². The Morgan fingerprint density at radius 3 is 2.83 bits per heavy atom. The second-order valence-electron chi connectivity index (χ2n) is 4.82. The molecule has 1 aromatic heterocycles. The van der Waals surface area contributed by atoms with Crippen LogP contribution in [-0.4, -0.2) is 41.5 Å². The molecule has 1 saturated heterocycles. The first-order valence-corrected chi connectivity index (χ1v) is 6.59. The molecule has 0 radical (unpaired) electrons. The van der Waals surface area contributed by atoms with E-state index in [0.29, 0.717) is 6.04 Å². The van der Waals surface area contributed by atoms with Gasteiger partial charge in [0.25, 0.3) is 5.91 Å². The summed E-state index contributed by atoms with van der Waals surface area (Å²) in [6, 6.07) is 4.12. The van der Waals surface area contributed by atoms with E-state index < -0.39 is 0 Å². The predicted molar refractivity (Wildman–Crippen MR) is 71.7 cm³/mol. The van der Waals surface area contributed by atoms with Crippen LogP contribution in [0.4, 0.5) is 0 Å². The van der Waals surface area contributed by atoms with E-state index in [1.807, 2.05) is 37.8 Å². The molecule has 0 bridgehead atoms. The first-order valence-electron chi connectivity index (χ1n) is 6.59. The predicted octanol–water partition coefficient (Wildman–Crippen LogP) is 1.52. The van der Waals surface area contributed by atoms with E-state index in [-0.39, 0.29) is 5.91 Å². The van der Waals surface area contributed by atoms with Crippen LogP contribution >= 0.6 is 0 Å². The Bertz CT molecular complexity index is 439. The largest absolute Gasteiger partial charge is 0.335 e. The summed E-state index contributed by atoms with van der Waals surface area (Å²) in [5.41, 5.74) is 2.51. The third-order valence-corrected chi connectivity index (χ3v) is 3.53. The molecule has 0 spiro atoms. The molecule has 0 aliphatic carbocycles. The lowest BCUT2D eigenvalue weighted by Crippen LogP contribution is -2.41. The highest BCUT2D eigenvalue weighted by atomic mass is 16.2. The molecule has 1 aliphatic rings. The van der Waals surface area contributed by atoms with Crippen molar-refractivity contribution in [2.45, 2.75) is 33.2 Å². The summed E-state index contributed by atoms with van der Waals surface area (Å²) in [5.74, 6) is 0.108. The monoisotopic (exact) mass is 247 g/mol. The van der Waals surface area contributed by atoms with Gasteiger partial charge in [0.1, 0.15) is 0 Å². The number of hydrogen-bond donors (Lipinski definition) is 1. The van der Waals surface area contributed by atoms with Crippen LogP contribution in [0.1, 0.15) is 35.1 Å². The highest BCUT2D eigenvalue weighted by molar-refractivity contribution is 5.95. The van der Waals surface area contributed by atoms with Gasteiger partial charge >= 0.3 is 0 Å². The molecule has 1 amide bonds. The lowest BCUT2D eigenvalue weighted by molar-refractivity contribution is 0.0702. The van der Waals surface area contributed by atoms with E-state index in [4.69, 9.17) is 0 Å². The zero-order valence-corrected chi connectivity index (χ0v) is 11.4. The Hall–Kier alpha value is -1.42. The molecular weight excluding hydrogens is 226 g/mol. The minimum absolute atomic E-state index is 0.108. The quantitative estimate of drug-likeness (QED) is 0.881. The Morgan fingerprint density at radius 1 is 1.50 bits per heavy atom. The number of aromatic nitrogens is 1. The summed E-state index contributed by atoms with van der Waals surface area (Å²) in [6.45, 7) is 8.53. The van der Waals surface area contributed by atoms with Crippen LogP contribution in [0.5, 0.6) is 0 Å². The van der Waals surface area contributed by atoms with Crippen LogP contribution in [0.2, 0.25) is 0 Å². The van der Waals surface area contributed by atoms with Crippen molar-refractivity contribution in [3.8, 4) is 0 Å². The van der Waals surface area contributed by atoms with Crippen molar-refractivity contribution in [2.75, 3.05) is 19.6 Å². The number of hydrogen-bond acceptors (Lipinski definition) is 3. The van der Waals surface area contributed by atoms with Gasteiger partial charge in [0, 0.05) is 24.8 Å². The van der Waals surface area contributed by atoms with Crippen molar-refractivity contribution in [3.05, 3.63) is 29.1 Å². The van der Waals surface area contributed by atoms with Gasteiger partial charge in [-0.3, -0.25) is 9.78 Å². The van der Waals surface area contributed by atoms with Crippen LogP contribution in [0.25, 0.3) is 0 Å². The van der Waals surface area contributed by atoms with Gasteiger partial charge in [-0.1, -0.05) is 0 Å². The maximum atomic E-state index is 12.6. The Labute approximate surface area is 108 Å². The molecule has 4 heteroatoms. The number of pyridine rings is 1. The molecule has 1 aliphatic heterocycles. The van der Waals surface area contributed by atoms with E-state index in [1.165, 1.54) is 0 Å². The molecule has 0 aromatic carbocycles. The van der Waals surface area contributed by atoms with Gasteiger partial charge in [-0.05, 0) is 45.9 Å². The van der Waals surface area contributed by atoms with Crippen LogP contribution < -0.4 is 5.32 Å². The topological polar surface area (TPSA) is 45.2 Å². The van der Waals surface area contributed by atoms with Gasteiger partial charge in [-0.25, -0.2) is 0 Å². The number of nitrogens with one attached hydrogen (secondary N) is 1. The summed E-state index contributed by atoms with van der Waals surface area (Å²) in [4.78, 5) is 18.9. The Morgan fingerprint density at radius 2 is 2.28 bits per heavy atom. The van der Waals surface area contributed by atoms with E-state index in [1.54, 1.807) is 0 Å². The molecule has 1 fully saturated rings. The highest BCUT2D eigenvalue weighted by Gasteiger charge is 2.26. The summed E-state index contributed by atoms with van der Waals surface area (Å²) in [7, 11) is 0. The summed E-state index contributed by atoms with van der Waals surface area (Å²) >= 11 is 0. The smallest absolute Gasteiger partial charge is 0.255 e. The Kier molecular flexibility index (Phi) is 3.97. The average Bonchev–Trinajstić information content (AvgIpc) is 2.83. The van der Waals surface area contributed by atoms with Gasteiger partial charge in [-0.15, -0.1) is 0 Å². The van der Waals surface area contributed by atoms with E-state index in [0.717, 1.165) is 43.0 Å². The van der Waals surface area contributed by atoms with Gasteiger partial charge in [0.2, 0.25) is 0 Å². The van der Waals surface area contributed by atoms with Gasteiger partial charge < -0.3 is 10.2 Å². The third kappa shape index (κ3) is 2.53. The van der Waals surface area contributed by atoms with Crippen molar-refractivity contribution < 1.29 is 4.79 Å². The molecule has 1 N–H and O–H groups in total. The standard InChI is InChI=1S/C14H21N3O/c1-4-17(12-7-8-15-9-12)14(18)13-6-5-10(2)16-11(13)3/h5-6,12,15H,4,7-9H2,1-3H3. The maximum Gasteiger partial charge on any atom is 0.255 e. The molecule has 2 rings (SSSR count). The molecule has 1 unspecified atom stereocenters. The number of amides is 1. The van der Waals surface area contributed by atoms with Crippen LogP contribution in [0.15, 0.2) is 12.1 Å². The second-order valence-corrected chi connectivity index (χ2v) is 4.82. The first-order chi connectivity index (χ1) is 8.63. The van der Waals surface area contributed by atoms with E-state index >= 15 is 0 Å². The minimum atomic E-state index is 0.108. The fourth-order valence-electron chi connectivity index (χ4n) is 2.54. The van der Waals surface area contributed by atoms with Gasteiger partial charge in [0.05, 0.1) is 11.3 Å². The molecule has 4 nitrogen and oxygen atoms in total. The molecule has 18 heavy (non-hydrogen) atoms. The summed E-state index contributed by atoms with van der Waals surface area (Å²) in [6.07, 6.45) is 1.04.